The number of nitrogens with zero attached hydrogens (tertiary/aromatic N) is 4. The van der Waals surface area contributed by atoms with Gasteiger partial charge in [-0.05, 0) is 19.8 Å². The fourth-order valence-electron chi connectivity index (χ4n) is 2.77. The topological polar surface area (TPSA) is 78.4 Å². The van der Waals surface area contributed by atoms with E-state index in [1.807, 2.05) is 11.8 Å². The van der Waals surface area contributed by atoms with Crippen LogP contribution in [0.1, 0.15) is 18.7 Å². The third-order valence-electron chi connectivity index (χ3n) is 3.98. The van der Waals surface area contributed by atoms with Gasteiger partial charge in [-0.3, -0.25) is 4.21 Å². The Morgan fingerprint density at radius 2 is 2.23 bits per heavy atom. The quantitative estimate of drug-likeness (QED) is 0.850. The third kappa shape index (κ3) is 3.75. The molecule has 22 heavy (non-hydrogen) atoms. The maximum absolute atomic E-state index is 12.3. The van der Waals surface area contributed by atoms with Crippen LogP contribution in [0.2, 0.25) is 0 Å². The molecular formula is C13H21N5O2S2. The van der Waals surface area contributed by atoms with E-state index in [2.05, 4.69) is 19.6 Å². The zero-order chi connectivity index (χ0) is 15.5. The smallest absolute Gasteiger partial charge is 0.317 e. The summed E-state index contributed by atoms with van der Waals surface area (Å²) < 4.78 is 15.6. The monoisotopic (exact) mass is 343 g/mol. The molecule has 2 atom stereocenters. The second-order valence-corrected chi connectivity index (χ2v) is 8.05. The molecule has 0 radical (unpaired) electrons. The maximum Gasteiger partial charge on any atom is 0.317 e. The van der Waals surface area contributed by atoms with Crippen LogP contribution >= 0.6 is 11.5 Å². The molecule has 2 aliphatic heterocycles. The zero-order valence-corrected chi connectivity index (χ0v) is 14.3. The van der Waals surface area contributed by atoms with Gasteiger partial charge in [-0.15, -0.1) is 0 Å². The first-order valence-corrected chi connectivity index (χ1v) is 9.83. The number of hydrogen-bond donors (Lipinski definition) is 1. The largest absolute Gasteiger partial charge is 0.345 e. The van der Waals surface area contributed by atoms with Gasteiger partial charge in [-0.25, -0.2) is 9.78 Å². The number of hydrogen-bond acceptors (Lipinski definition) is 6. The number of aromatic nitrogens is 2. The Labute approximate surface area is 136 Å². The van der Waals surface area contributed by atoms with E-state index < -0.39 is 10.8 Å². The molecule has 1 N–H and O–H groups in total. The van der Waals surface area contributed by atoms with Crippen molar-refractivity contribution in [2.75, 3.05) is 42.6 Å². The van der Waals surface area contributed by atoms with Crippen LogP contribution < -0.4 is 10.2 Å². The standard InChI is InChI=1S/C13H21N5O2S2/c1-10-14-13(21-16-10)18-5-2-4-17(6-7-18)12(19)15-11-3-8-22(20)9-11/h11H,2-9H2,1H3,(H,15,19)/t11-,22+/m1/s1. The lowest BCUT2D eigenvalue weighted by molar-refractivity contribution is 0.198. The van der Waals surface area contributed by atoms with E-state index in [4.69, 9.17) is 0 Å². The normalized spacial score (nSPS) is 26.0. The molecule has 9 heteroatoms. The first-order chi connectivity index (χ1) is 10.6. The van der Waals surface area contributed by atoms with Crippen molar-refractivity contribution < 1.29 is 9.00 Å². The summed E-state index contributed by atoms with van der Waals surface area (Å²) in [7, 11) is -0.761. The van der Waals surface area contributed by atoms with E-state index in [1.165, 1.54) is 11.5 Å². The van der Waals surface area contributed by atoms with Crippen LogP contribution in [0.4, 0.5) is 9.93 Å². The van der Waals surface area contributed by atoms with Crippen LogP contribution in [-0.4, -0.2) is 68.2 Å². The highest BCUT2D eigenvalue weighted by Crippen LogP contribution is 2.19. The first-order valence-electron chi connectivity index (χ1n) is 7.57. The van der Waals surface area contributed by atoms with E-state index in [0.717, 1.165) is 43.4 Å². The molecule has 3 heterocycles. The number of aryl methyl sites for hydroxylation is 1. The van der Waals surface area contributed by atoms with Crippen molar-refractivity contribution in [3.05, 3.63) is 5.82 Å². The summed E-state index contributed by atoms with van der Waals surface area (Å²) >= 11 is 1.41. The summed E-state index contributed by atoms with van der Waals surface area (Å²) in [5.74, 6) is 2.10. The number of anilines is 1. The van der Waals surface area contributed by atoms with Crippen LogP contribution in [0.25, 0.3) is 0 Å². The fraction of sp³-hybridized carbons (Fsp3) is 0.769. The van der Waals surface area contributed by atoms with Gasteiger partial charge in [0.1, 0.15) is 5.82 Å². The van der Waals surface area contributed by atoms with E-state index in [1.54, 1.807) is 0 Å². The highest BCUT2D eigenvalue weighted by atomic mass is 32.2. The van der Waals surface area contributed by atoms with Crippen molar-refractivity contribution in [1.29, 1.82) is 0 Å². The molecule has 1 aromatic heterocycles. The first kappa shape index (κ1) is 15.7. The van der Waals surface area contributed by atoms with Crippen LogP contribution in [0.15, 0.2) is 0 Å². The van der Waals surface area contributed by atoms with E-state index >= 15 is 0 Å². The summed E-state index contributed by atoms with van der Waals surface area (Å²) in [5.41, 5.74) is 0. The van der Waals surface area contributed by atoms with Crippen molar-refractivity contribution in [2.45, 2.75) is 25.8 Å². The summed E-state index contributed by atoms with van der Waals surface area (Å²) in [5, 5.41) is 3.95. The Kier molecular flexibility index (Phi) is 4.92. The molecule has 1 aromatic rings. The molecule has 2 amide bonds. The molecule has 2 saturated heterocycles. The molecule has 0 bridgehead atoms. The Morgan fingerprint density at radius 3 is 2.91 bits per heavy atom. The minimum atomic E-state index is -0.761. The molecule has 0 spiro atoms. The molecule has 7 nitrogen and oxygen atoms in total. The SMILES string of the molecule is Cc1nsc(N2CCCN(C(=O)N[C@@H]3CC[S@](=O)C3)CC2)n1. The van der Waals surface area contributed by atoms with Crippen molar-refractivity contribution in [3.63, 3.8) is 0 Å². The summed E-state index contributed by atoms with van der Waals surface area (Å²) in [6, 6.07) is 0.0395. The molecule has 0 aromatic carbocycles. The Bertz CT molecular complexity index is 564. The van der Waals surface area contributed by atoms with E-state index in [-0.39, 0.29) is 12.1 Å². The molecular weight excluding hydrogens is 322 g/mol. The second kappa shape index (κ2) is 6.91. The van der Waals surface area contributed by atoms with Crippen molar-refractivity contribution in [3.8, 4) is 0 Å². The van der Waals surface area contributed by atoms with Gasteiger partial charge in [0, 0.05) is 66.1 Å². The fourth-order valence-corrected chi connectivity index (χ4v) is 4.91. The van der Waals surface area contributed by atoms with E-state index in [0.29, 0.717) is 18.1 Å². The number of nitrogens with one attached hydrogen (secondary N) is 1. The maximum atomic E-state index is 12.3. The number of carbonyl (C=O) groups is 1. The van der Waals surface area contributed by atoms with Gasteiger partial charge in [-0.2, -0.15) is 4.37 Å². The van der Waals surface area contributed by atoms with Crippen LogP contribution in [0.3, 0.4) is 0 Å². The highest BCUT2D eigenvalue weighted by Gasteiger charge is 2.26. The van der Waals surface area contributed by atoms with Gasteiger partial charge in [0.2, 0.25) is 5.13 Å². The number of carbonyl (C=O) groups excluding carboxylic acids is 1. The minimum absolute atomic E-state index is 0.0285. The highest BCUT2D eigenvalue weighted by molar-refractivity contribution is 7.85. The summed E-state index contributed by atoms with van der Waals surface area (Å²) in [6.45, 7) is 4.99. The molecule has 0 aliphatic carbocycles. The van der Waals surface area contributed by atoms with Crippen LogP contribution in [0, 0.1) is 6.92 Å². The summed E-state index contributed by atoms with van der Waals surface area (Å²) in [4.78, 5) is 20.8. The van der Waals surface area contributed by atoms with Gasteiger partial charge in [-0.1, -0.05) is 0 Å². The molecule has 0 unspecified atom stereocenters. The average Bonchev–Trinajstić information content (AvgIpc) is 3.00. The van der Waals surface area contributed by atoms with Gasteiger partial charge >= 0.3 is 6.03 Å². The summed E-state index contributed by atoms with van der Waals surface area (Å²) in [6.07, 6.45) is 1.74. The number of rotatable bonds is 2. The van der Waals surface area contributed by atoms with Gasteiger partial charge in [0.05, 0.1) is 0 Å². The van der Waals surface area contributed by atoms with Crippen molar-refractivity contribution >= 4 is 33.5 Å². The second-order valence-electron chi connectivity index (χ2n) is 5.70. The lowest BCUT2D eigenvalue weighted by Gasteiger charge is -2.23. The molecule has 3 rings (SSSR count). The van der Waals surface area contributed by atoms with Crippen LogP contribution in [-0.2, 0) is 10.8 Å². The van der Waals surface area contributed by atoms with Gasteiger partial charge in [0.15, 0.2) is 0 Å². The minimum Gasteiger partial charge on any atom is -0.345 e. The Morgan fingerprint density at radius 1 is 1.36 bits per heavy atom. The third-order valence-corrected chi connectivity index (χ3v) is 6.31. The Balaban J connectivity index is 1.53. The van der Waals surface area contributed by atoms with E-state index in [9.17, 15) is 9.00 Å². The average molecular weight is 343 g/mol. The molecule has 2 fully saturated rings. The lowest BCUT2D eigenvalue weighted by atomic mass is 10.3. The van der Waals surface area contributed by atoms with Crippen molar-refractivity contribution in [1.82, 2.24) is 19.6 Å². The number of amides is 2. The molecule has 0 saturated carbocycles. The number of urea groups is 1. The Hall–Kier alpha value is -1.22. The van der Waals surface area contributed by atoms with Crippen LogP contribution in [0.5, 0.6) is 0 Å². The lowest BCUT2D eigenvalue weighted by Crippen LogP contribution is -2.46. The van der Waals surface area contributed by atoms with Crippen molar-refractivity contribution in [2.24, 2.45) is 0 Å². The molecule has 2 aliphatic rings. The molecule has 122 valence electrons. The zero-order valence-electron chi connectivity index (χ0n) is 12.7. The van der Waals surface area contributed by atoms with Gasteiger partial charge < -0.3 is 15.1 Å². The predicted octanol–water partition coefficient (Wildman–Crippen LogP) is 0.589. The predicted molar refractivity (Wildman–Crippen MR) is 87.9 cm³/mol. The van der Waals surface area contributed by atoms with Gasteiger partial charge in [0.25, 0.3) is 0 Å².